The molecule has 2 nitrogen and oxygen atoms in total. The van der Waals surface area contributed by atoms with Gasteiger partial charge in [0.2, 0.25) is 0 Å². The summed E-state index contributed by atoms with van der Waals surface area (Å²) in [4.78, 5) is 0. The smallest absolute Gasteiger partial charge is 0.0653 e. The molecular weight excluding hydrogens is 356 g/mol. The monoisotopic (exact) mass is 400 g/mol. The van der Waals surface area contributed by atoms with Gasteiger partial charge in [-0.1, -0.05) is 31.1 Å². The van der Waals surface area contributed by atoms with E-state index in [1.165, 1.54) is 37.7 Å². The maximum Gasteiger partial charge on any atom is 0.0653 e. The third-order valence-electron chi connectivity index (χ3n) is 10.1. The molecule has 0 aromatic rings. The highest BCUT2D eigenvalue weighted by Crippen LogP contribution is 2.67. The number of hydrogen-bond donors (Lipinski definition) is 2. The van der Waals surface area contributed by atoms with Gasteiger partial charge in [0.15, 0.2) is 0 Å². The highest BCUT2D eigenvalue weighted by Gasteiger charge is 2.61. The summed E-state index contributed by atoms with van der Waals surface area (Å²) < 4.78 is 0. The first kappa shape index (κ1) is 21.6. The quantitative estimate of drug-likeness (QED) is 0.522. The molecule has 2 heteroatoms. The lowest BCUT2D eigenvalue weighted by molar-refractivity contribution is -0.105. The van der Waals surface area contributed by atoms with E-state index in [9.17, 15) is 10.2 Å². The third-order valence-corrected chi connectivity index (χ3v) is 10.1. The van der Waals surface area contributed by atoms with Gasteiger partial charge in [-0.2, -0.15) is 0 Å². The topological polar surface area (TPSA) is 40.5 Å². The van der Waals surface area contributed by atoms with Gasteiger partial charge in [-0.15, -0.1) is 6.58 Å². The minimum Gasteiger partial charge on any atom is -0.393 e. The lowest BCUT2D eigenvalue weighted by Gasteiger charge is -2.59. The zero-order valence-corrected chi connectivity index (χ0v) is 19.3. The van der Waals surface area contributed by atoms with Crippen molar-refractivity contribution >= 4 is 0 Å². The van der Waals surface area contributed by atoms with Crippen molar-refractivity contribution in [3.05, 3.63) is 23.8 Å². The fourth-order valence-electron chi connectivity index (χ4n) is 8.59. The van der Waals surface area contributed by atoms with Crippen LogP contribution in [-0.2, 0) is 0 Å². The van der Waals surface area contributed by atoms with Gasteiger partial charge in [0, 0.05) is 0 Å². The van der Waals surface area contributed by atoms with Crippen molar-refractivity contribution in [2.45, 2.75) is 110 Å². The Bertz CT molecular complexity index is 676. The van der Waals surface area contributed by atoms with Gasteiger partial charge in [0.1, 0.15) is 0 Å². The molecule has 29 heavy (non-hydrogen) atoms. The predicted octanol–water partition coefficient (Wildman–Crippen LogP) is 6.42. The van der Waals surface area contributed by atoms with Gasteiger partial charge in [0.05, 0.1) is 11.7 Å². The third kappa shape index (κ3) is 3.57. The van der Waals surface area contributed by atoms with Gasteiger partial charge in [0.25, 0.3) is 0 Å². The Morgan fingerprint density at radius 1 is 1.17 bits per heavy atom. The zero-order chi connectivity index (χ0) is 21.0. The molecule has 0 spiro atoms. The molecule has 8 atom stereocenters. The number of aliphatic hydroxyl groups excluding tert-OH is 1. The lowest BCUT2D eigenvalue weighted by Crippen LogP contribution is -2.53. The van der Waals surface area contributed by atoms with Crippen LogP contribution in [0.5, 0.6) is 0 Å². The van der Waals surface area contributed by atoms with Gasteiger partial charge in [-0.3, -0.25) is 0 Å². The Morgan fingerprint density at radius 3 is 2.66 bits per heavy atom. The molecule has 2 N–H and O–H groups in total. The minimum atomic E-state index is -0.555. The molecule has 4 rings (SSSR count). The molecule has 0 aromatic carbocycles. The summed E-state index contributed by atoms with van der Waals surface area (Å²) >= 11 is 0. The van der Waals surface area contributed by atoms with Crippen LogP contribution in [0.2, 0.25) is 0 Å². The Hall–Kier alpha value is -0.600. The largest absolute Gasteiger partial charge is 0.393 e. The van der Waals surface area contributed by atoms with Gasteiger partial charge < -0.3 is 10.2 Å². The fraction of sp³-hybridized carbons (Fsp3) is 0.852. The summed E-state index contributed by atoms with van der Waals surface area (Å²) in [5.41, 5.74) is 2.82. The summed E-state index contributed by atoms with van der Waals surface area (Å²) in [5.74, 6) is 2.73. The summed E-state index contributed by atoms with van der Waals surface area (Å²) in [6.07, 6.45) is 14.7. The molecule has 0 aromatic heterocycles. The number of aliphatic hydroxyl groups is 2. The first-order valence-corrected chi connectivity index (χ1v) is 12.3. The first-order chi connectivity index (χ1) is 13.6. The molecule has 164 valence electrons. The molecule has 4 aliphatic rings. The SMILES string of the molecule is C=C(C)CCC[C@](C)(O)C1CCC2C3CC=C4CC(O)CC[C@]4(C)C3CC[C@@]21C. The molecule has 0 bridgehead atoms. The van der Waals surface area contributed by atoms with E-state index >= 15 is 0 Å². The van der Waals surface area contributed by atoms with Crippen LogP contribution >= 0.6 is 0 Å². The van der Waals surface area contributed by atoms with Crippen molar-refractivity contribution in [1.29, 1.82) is 0 Å². The molecular formula is C27H44O2. The van der Waals surface area contributed by atoms with Crippen LogP contribution in [0.3, 0.4) is 0 Å². The maximum atomic E-state index is 11.5. The zero-order valence-electron chi connectivity index (χ0n) is 19.3. The van der Waals surface area contributed by atoms with Crippen LogP contribution in [0.4, 0.5) is 0 Å². The van der Waals surface area contributed by atoms with E-state index in [1.807, 2.05) is 0 Å². The second-order valence-corrected chi connectivity index (χ2v) is 12.0. The highest BCUT2D eigenvalue weighted by molar-refractivity contribution is 5.25. The maximum absolute atomic E-state index is 11.5. The van der Waals surface area contributed by atoms with Gasteiger partial charge in [-0.25, -0.2) is 0 Å². The van der Waals surface area contributed by atoms with Gasteiger partial charge >= 0.3 is 0 Å². The van der Waals surface area contributed by atoms with Crippen molar-refractivity contribution < 1.29 is 10.2 Å². The van der Waals surface area contributed by atoms with Crippen LogP contribution in [0.1, 0.15) is 98.3 Å². The van der Waals surface area contributed by atoms with E-state index in [1.54, 1.807) is 5.57 Å². The van der Waals surface area contributed by atoms with Crippen molar-refractivity contribution in [3.8, 4) is 0 Å². The Kier molecular flexibility index (Phi) is 5.61. The molecule has 0 heterocycles. The molecule has 0 radical (unpaired) electrons. The Balaban J connectivity index is 1.53. The summed E-state index contributed by atoms with van der Waals surface area (Å²) in [6, 6.07) is 0. The number of allylic oxidation sites excluding steroid dienone is 2. The van der Waals surface area contributed by atoms with Crippen molar-refractivity contribution in [3.63, 3.8) is 0 Å². The average molecular weight is 401 g/mol. The molecule has 0 saturated heterocycles. The van der Waals surface area contributed by atoms with E-state index in [-0.39, 0.29) is 11.5 Å². The molecule has 0 amide bonds. The van der Waals surface area contributed by atoms with Crippen LogP contribution in [0.15, 0.2) is 23.8 Å². The average Bonchev–Trinajstić information content (AvgIpc) is 3.00. The van der Waals surface area contributed by atoms with Crippen LogP contribution < -0.4 is 0 Å². The Morgan fingerprint density at radius 2 is 1.93 bits per heavy atom. The molecule has 5 unspecified atom stereocenters. The fourth-order valence-corrected chi connectivity index (χ4v) is 8.59. The van der Waals surface area contributed by atoms with Crippen molar-refractivity contribution in [2.75, 3.05) is 0 Å². The number of fused-ring (bicyclic) bond motifs is 5. The van der Waals surface area contributed by atoms with E-state index in [0.717, 1.165) is 56.3 Å². The lowest BCUT2D eigenvalue weighted by atomic mass is 9.46. The molecule has 4 aliphatic carbocycles. The van der Waals surface area contributed by atoms with E-state index in [4.69, 9.17) is 0 Å². The number of rotatable bonds is 5. The van der Waals surface area contributed by atoms with Crippen LogP contribution in [0.25, 0.3) is 0 Å². The molecule has 3 fully saturated rings. The van der Waals surface area contributed by atoms with Crippen LogP contribution in [0, 0.1) is 34.5 Å². The first-order valence-electron chi connectivity index (χ1n) is 12.3. The standard InChI is InChI=1S/C27H44O2/c1-18(2)7-6-14-27(5,29)24-11-10-22-21-9-8-19-17-20(28)12-15-25(19,3)23(21)13-16-26(22,24)4/h8,20-24,28-29H,1,6-7,9-17H2,2-5H3/t20?,21?,22?,23?,24?,25-,26-,27-/m0/s1. The number of hydrogen-bond acceptors (Lipinski definition) is 2. The van der Waals surface area contributed by atoms with E-state index in [2.05, 4.69) is 40.3 Å². The minimum absolute atomic E-state index is 0.120. The molecule has 0 aliphatic heterocycles. The van der Waals surface area contributed by atoms with Crippen LogP contribution in [-0.4, -0.2) is 21.9 Å². The van der Waals surface area contributed by atoms with E-state index < -0.39 is 5.60 Å². The summed E-state index contributed by atoms with van der Waals surface area (Å²) in [5, 5.41) is 21.7. The Labute approximate surface area is 178 Å². The predicted molar refractivity (Wildman–Crippen MR) is 120 cm³/mol. The second-order valence-electron chi connectivity index (χ2n) is 12.0. The summed E-state index contributed by atoms with van der Waals surface area (Å²) in [6.45, 7) is 13.3. The second kappa shape index (κ2) is 7.52. The van der Waals surface area contributed by atoms with Crippen molar-refractivity contribution in [1.82, 2.24) is 0 Å². The van der Waals surface area contributed by atoms with Crippen molar-refractivity contribution in [2.24, 2.45) is 34.5 Å². The summed E-state index contributed by atoms with van der Waals surface area (Å²) in [7, 11) is 0. The normalized spacial score (nSPS) is 46.1. The van der Waals surface area contributed by atoms with E-state index in [0.29, 0.717) is 11.3 Å². The highest BCUT2D eigenvalue weighted by atomic mass is 16.3. The molecule has 3 saturated carbocycles. The van der Waals surface area contributed by atoms with Gasteiger partial charge in [-0.05, 0) is 119 Å².